The summed E-state index contributed by atoms with van der Waals surface area (Å²) in [5.41, 5.74) is 0.886. The summed E-state index contributed by atoms with van der Waals surface area (Å²) in [5.74, 6) is 3.00. The molecule has 0 atom stereocenters. The minimum Gasteiger partial charge on any atom is -0.490 e. The number of nitrogens with zero attached hydrogens (tertiary/aromatic N) is 4. The molecule has 0 amide bonds. The van der Waals surface area contributed by atoms with Crippen molar-refractivity contribution in [2.45, 2.75) is 57.6 Å². The van der Waals surface area contributed by atoms with Crippen LogP contribution in [0.3, 0.4) is 0 Å². The van der Waals surface area contributed by atoms with Gasteiger partial charge in [0.15, 0.2) is 23.3 Å². The Morgan fingerprint density at radius 1 is 1.15 bits per heavy atom. The second kappa shape index (κ2) is 13.6. The largest absolute Gasteiger partial charge is 0.490 e. The van der Waals surface area contributed by atoms with Crippen molar-refractivity contribution in [1.82, 2.24) is 20.1 Å². The molecule has 10 heteroatoms. The topological polar surface area (TPSA) is 94.8 Å². The zero-order valence-corrected chi connectivity index (χ0v) is 21.6. The van der Waals surface area contributed by atoms with Crippen molar-refractivity contribution in [2.24, 2.45) is 12.0 Å². The normalized spacial score (nSPS) is 16.6. The van der Waals surface area contributed by atoms with Gasteiger partial charge in [-0.1, -0.05) is 19.3 Å². The summed E-state index contributed by atoms with van der Waals surface area (Å²) in [6, 6.07) is 5.85. The molecule has 2 aliphatic rings. The first kappa shape index (κ1) is 25.5. The van der Waals surface area contributed by atoms with Gasteiger partial charge in [0.1, 0.15) is 12.9 Å². The average molecular weight is 570 g/mol. The number of aromatic nitrogens is 3. The first-order valence-corrected chi connectivity index (χ1v) is 11.7. The van der Waals surface area contributed by atoms with Gasteiger partial charge in [-0.05, 0) is 31.4 Å². The molecule has 0 spiro atoms. The Labute approximate surface area is 212 Å². The number of halogens is 1. The van der Waals surface area contributed by atoms with Crippen LogP contribution >= 0.6 is 24.0 Å². The SMILES string of the molecule is Cn1cnnc1CN=C(NCCCOC1CCCCC1)Nc1ccc2c(c1)OCCCO2.I. The maximum Gasteiger partial charge on any atom is 0.196 e. The fourth-order valence-corrected chi connectivity index (χ4v) is 3.88. The van der Waals surface area contributed by atoms with E-state index in [4.69, 9.17) is 19.2 Å². The molecule has 1 aromatic heterocycles. The summed E-state index contributed by atoms with van der Waals surface area (Å²) in [6.07, 6.45) is 10.2. The fraction of sp³-hybridized carbons (Fsp3) is 0.609. The van der Waals surface area contributed by atoms with Gasteiger partial charge in [0.2, 0.25) is 0 Å². The van der Waals surface area contributed by atoms with Gasteiger partial charge in [0, 0.05) is 38.4 Å². The van der Waals surface area contributed by atoms with E-state index in [0.29, 0.717) is 31.8 Å². The summed E-state index contributed by atoms with van der Waals surface area (Å²) in [7, 11) is 1.91. The molecule has 9 nitrogen and oxygen atoms in total. The Kier molecular flexibility index (Phi) is 10.5. The number of hydrogen-bond donors (Lipinski definition) is 2. The lowest BCUT2D eigenvalue weighted by Gasteiger charge is -2.22. The highest BCUT2D eigenvalue weighted by Gasteiger charge is 2.14. The van der Waals surface area contributed by atoms with Crippen LogP contribution in [-0.2, 0) is 18.3 Å². The van der Waals surface area contributed by atoms with Crippen LogP contribution in [-0.4, -0.2) is 53.2 Å². The molecule has 2 heterocycles. The Morgan fingerprint density at radius 2 is 1.97 bits per heavy atom. The number of nitrogens with one attached hydrogen (secondary N) is 2. The Morgan fingerprint density at radius 3 is 2.76 bits per heavy atom. The molecule has 33 heavy (non-hydrogen) atoms. The molecule has 0 radical (unpaired) electrons. The van der Waals surface area contributed by atoms with E-state index in [9.17, 15) is 0 Å². The number of ether oxygens (including phenoxy) is 3. The molecule has 1 fully saturated rings. The quantitative estimate of drug-likeness (QED) is 0.215. The van der Waals surface area contributed by atoms with Gasteiger partial charge >= 0.3 is 0 Å². The lowest BCUT2D eigenvalue weighted by molar-refractivity contribution is 0.0277. The molecule has 1 aliphatic heterocycles. The zero-order valence-electron chi connectivity index (χ0n) is 19.3. The standard InChI is InChI=1S/C23H34N6O3.HI/c1-29-17-26-28-22(29)16-25-23(24-11-5-12-30-19-7-3-2-4-8-19)27-18-9-10-20-21(15-18)32-14-6-13-31-20;/h9-10,15,17,19H,2-8,11-14,16H2,1H3,(H2,24,25,27);1H. The Balaban J connectivity index is 0.00000306. The highest BCUT2D eigenvalue weighted by atomic mass is 127. The molecule has 1 saturated carbocycles. The van der Waals surface area contributed by atoms with Gasteiger partial charge in [0.25, 0.3) is 0 Å². The third-order valence-electron chi connectivity index (χ3n) is 5.71. The number of benzene rings is 1. The van der Waals surface area contributed by atoms with Crippen LogP contribution in [0.2, 0.25) is 0 Å². The molecule has 0 unspecified atom stereocenters. The molecular formula is C23H35IN6O3. The number of aryl methyl sites for hydroxylation is 1. The zero-order chi connectivity index (χ0) is 22.0. The van der Waals surface area contributed by atoms with Crippen LogP contribution in [0.15, 0.2) is 29.5 Å². The van der Waals surface area contributed by atoms with E-state index >= 15 is 0 Å². The molecule has 0 saturated heterocycles. The van der Waals surface area contributed by atoms with Crippen molar-refractivity contribution in [1.29, 1.82) is 0 Å². The predicted octanol–water partition coefficient (Wildman–Crippen LogP) is 3.89. The number of aliphatic imine (C=N–C) groups is 1. The lowest BCUT2D eigenvalue weighted by Crippen LogP contribution is -2.32. The van der Waals surface area contributed by atoms with Crippen LogP contribution in [0.5, 0.6) is 11.5 Å². The number of anilines is 1. The second-order valence-electron chi connectivity index (χ2n) is 8.27. The van der Waals surface area contributed by atoms with Crippen LogP contribution in [0, 0.1) is 0 Å². The number of guanidine groups is 1. The van der Waals surface area contributed by atoms with Crippen molar-refractivity contribution >= 4 is 35.6 Å². The fourth-order valence-electron chi connectivity index (χ4n) is 3.88. The Bertz CT molecular complexity index is 885. The van der Waals surface area contributed by atoms with Crippen molar-refractivity contribution in [3.05, 3.63) is 30.4 Å². The summed E-state index contributed by atoms with van der Waals surface area (Å²) >= 11 is 0. The summed E-state index contributed by atoms with van der Waals surface area (Å²) < 4.78 is 19.4. The number of hydrogen-bond acceptors (Lipinski definition) is 6. The number of fused-ring (bicyclic) bond motifs is 1. The maximum absolute atomic E-state index is 6.04. The third-order valence-corrected chi connectivity index (χ3v) is 5.71. The molecule has 2 aromatic rings. The van der Waals surface area contributed by atoms with Crippen molar-refractivity contribution in [3.8, 4) is 11.5 Å². The van der Waals surface area contributed by atoms with Gasteiger partial charge in [0.05, 0.1) is 19.3 Å². The van der Waals surface area contributed by atoms with Crippen LogP contribution in [0.25, 0.3) is 0 Å². The highest BCUT2D eigenvalue weighted by molar-refractivity contribution is 14.0. The highest BCUT2D eigenvalue weighted by Crippen LogP contribution is 2.32. The second-order valence-corrected chi connectivity index (χ2v) is 8.27. The molecule has 182 valence electrons. The summed E-state index contributed by atoms with van der Waals surface area (Å²) in [4.78, 5) is 4.70. The van der Waals surface area contributed by atoms with Crippen LogP contribution < -0.4 is 20.1 Å². The Hall–Kier alpha value is -2.08. The number of rotatable bonds is 8. The van der Waals surface area contributed by atoms with Gasteiger partial charge in [-0.25, -0.2) is 4.99 Å². The smallest absolute Gasteiger partial charge is 0.196 e. The van der Waals surface area contributed by atoms with Gasteiger partial charge in [-0.3, -0.25) is 0 Å². The molecule has 1 aliphatic carbocycles. The van der Waals surface area contributed by atoms with Gasteiger partial charge in [-0.2, -0.15) is 0 Å². The van der Waals surface area contributed by atoms with E-state index in [0.717, 1.165) is 49.0 Å². The van der Waals surface area contributed by atoms with Crippen molar-refractivity contribution in [3.63, 3.8) is 0 Å². The summed E-state index contributed by atoms with van der Waals surface area (Å²) in [6.45, 7) is 3.28. The summed E-state index contributed by atoms with van der Waals surface area (Å²) in [5, 5.41) is 14.8. The van der Waals surface area contributed by atoms with Crippen molar-refractivity contribution in [2.75, 3.05) is 31.7 Å². The molecular weight excluding hydrogens is 535 g/mol. The molecule has 0 bridgehead atoms. The van der Waals surface area contributed by atoms with E-state index in [1.807, 2.05) is 29.8 Å². The lowest BCUT2D eigenvalue weighted by atomic mass is 9.98. The van der Waals surface area contributed by atoms with E-state index in [-0.39, 0.29) is 24.0 Å². The first-order chi connectivity index (χ1) is 15.8. The van der Waals surface area contributed by atoms with Gasteiger partial charge < -0.3 is 29.4 Å². The minimum absolute atomic E-state index is 0. The third kappa shape index (κ3) is 8.02. The minimum atomic E-state index is 0. The van der Waals surface area contributed by atoms with Crippen LogP contribution in [0.4, 0.5) is 5.69 Å². The van der Waals surface area contributed by atoms with E-state index in [1.165, 1.54) is 32.1 Å². The molecule has 4 rings (SSSR count). The van der Waals surface area contributed by atoms with E-state index < -0.39 is 0 Å². The van der Waals surface area contributed by atoms with Gasteiger partial charge in [-0.15, -0.1) is 34.2 Å². The molecule has 1 aromatic carbocycles. The first-order valence-electron chi connectivity index (χ1n) is 11.7. The molecule has 2 N–H and O–H groups in total. The van der Waals surface area contributed by atoms with E-state index in [2.05, 4.69) is 20.8 Å². The van der Waals surface area contributed by atoms with Crippen molar-refractivity contribution < 1.29 is 14.2 Å². The van der Waals surface area contributed by atoms with Crippen LogP contribution in [0.1, 0.15) is 50.8 Å². The van der Waals surface area contributed by atoms with E-state index in [1.54, 1.807) is 6.33 Å². The monoisotopic (exact) mass is 570 g/mol. The maximum atomic E-state index is 6.04. The average Bonchev–Trinajstić information content (AvgIpc) is 3.08. The predicted molar refractivity (Wildman–Crippen MR) is 139 cm³/mol.